The van der Waals surface area contributed by atoms with Crippen molar-refractivity contribution < 1.29 is 4.42 Å². The molecule has 2 aliphatic carbocycles. The fourth-order valence-corrected chi connectivity index (χ4v) is 3.12. The zero-order chi connectivity index (χ0) is 13.5. The number of rotatable bonds is 6. The Balaban J connectivity index is 1.64. The predicted octanol–water partition coefficient (Wildman–Crippen LogP) is 3.31. The topological polar surface area (TPSA) is 42.4 Å². The molecule has 0 spiro atoms. The number of fused-ring (bicyclic) bond motifs is 1. The van der Waals surface area contributed by atoms with Crippen LogP contribution < -0.4 is 5.73 Å². The summed E-state index contributed by atoms with van der Waals surface area (Å²) in [7, 11) is 0. The zero-order valence-corrected chi connectivity index (χ0v) is 11.8. The maximum absolute atomic E-state index is 6.09. The van der Waals surface area contributed by atoms with Crippen LogP contribution in [0, 0.1) is 5.92 Å². The molecule has 1 aromatic carbocycles. The van der Waals surface area contributed by atoms with E-state index in [0.717, 1.165) is 23.3 Å². The summed E-state index contributed by atoms with van der Waals surface area (Å²) >= 11 is 0. The molecular weight excluding hydrogens is 248 g/mol. The smallest absolute Gasteiger partial charge is 0.134 e. The van der Waals surface area contributed by atoms with Crippen molar-refractivity contribution in [2.75, 3.05) is 13.1 Å². The highest BCUT2D eigenvalue weighted by Crippen LogP contribution is 2.40. The number of para-hydroxylation sites is 1. The van der Waals surface area contributed by atoms with Gasteiger partial charge in [-0.1, -0.05) is 18.2 Å². The van der Waals surface area contributed by atoms with Gasteiger partial charge in [0.1, 0.15) is 11.3 Å². The second-order valence-corrected chi connectivity index (χ2v) is 6.31. The van der Waals surface area contributed by atoms with E-state index in [0.29, 0.717) is 6.54 Å². The molecule has 106 valence electrons. The summed E-state index contributed by atoms with van der Waals surface area (Å²) in [4.78, 5) is 2.61. The summed E-state index contributed by atoms with van der Waals surface area (Å²) in [5.41, 5.74) is 7.06. The van der Waals surface area contributed by atoms with Crippen LogP contribution in [0.5, 0.6) is 0 Å². The summed E-state index contributed by atoms with van der Waals surface area (Å²) in [5, 5.41) is 1.18. The van der Waals surface area contributed by atoms with E-state index < -0.39 is 0 Å². The molecule has 2 aliphatic rings. The normalized spacial score (nSPS) is 20.7. The molecule has 2 N–H and O–H groups in total. The van der Waals surface area contributed by atoms with Crippen molar-refractivity contribution in [3.63, 3.8) is 0 Å². The molecule has 2 fully saturated rings. The molecule has 0 amide bonds. The Morgan fingerprint density at radius 3 is 2.65 bits per heavy atom. The average molecular weight is 270 g/mol. The minimum absolute atomic E-state index is 0.246. The standard InChI is InChI=1S/C17H22N2O/c18-10-15(19(14-7-8-14)11-12-5-6-12)17-9-13-3-1-2-4-16(13)20-17/h1-4,9,12,14-15H,5-8,10-11,18H2. The van der Waals surface area contributed by atoms with Gasteiger partial charge in [-0.2, -0.15) is 0 Å². The number of benzene rings is 1. The summed E-state index contributed by atoms with van der Waals surface area (Å²) in [6.07, 6.45) is 5.42. The maximum atomic E-state index is 6.09. The number of furan rings is 1. The van der Waals surface area contributed by atoms with Gasteiger partial charge in [0.05, 0.1) is 6.04 Å². The zero-order valence-electron chi connectivity index (χ0n) is 11.8. The van der Waals surface area contributed by atoms with E-state index in [9.17, 15) is 0 Å². The molecule has 0 aliphatic heterocycles. The van der Waals surface area contributed by atoms with Gasteiger partial charge in [0.25, 0.3) is 0 Å². The molecule has 1 aromatic heterocycles. The Labute approximate surface area is 119 Å². The lowest BCUT2D eigenvalue weighted by molar-refractivity contribution is 0.164. The maximum Gasteiger partial charge on any atom is 0.134 e. The molecule has 1 unspecified atom stereocenters. The summed E-state index contributed by atoms with van der Waals surface area (Å²) in [6, 6.07) is 11.4. The van der Waals surface area contributed by atoms with Gasteiger partial charge in [-0.05, 0) is 43.7 Å². The third-order valence-corrected chi connectivity index (χ3v) is 4.58. The van der Waals surface area contributed by atoms with E-state index in [1.807, 2.05) is 12.1 Å². The molecule has 2 saturated carbocycles. The van der Waals surface area contributed by atoms with Crippen molar-refractivity contribution in [3.8, 4) is 0 Å². The Morgan fingerprint density at radius 2 is 2.00 bits per heavy atom. The average Bonchev–Trinajstić information content (AvgIpc) is 3.36. The highest BCUT2D eigenvalue weighted by atomic mass is 16.3. The molecule has 20 heavy (non-hydrogen) atoms. The van der Waals surface area contributed by atoms with Gasteiger partial charge >= 0.3 is 0 Å². The predicted molar refractivity (Wildman–Crippen MR) is 80.5 cm³/mol. The minimum Gasteiger partial charge on any atom is -0.459 e. The van der Waals surface area contributed by atoms with Gasteiger partial charge in [-0.25, -0.2) is 0 Å². The molecule has 0 radical (unpaired) electrons. The van der Waals surface area contributed by atoms with Gasteiger partial charge < -0.3 is 10.2 Å². The first-order chi connectivity index (χ1) is 9.85. The molecule has 3 nitrogen and oxygen atoms in total. The fourth-order valence-electron chi connectivity index (χ4n) is 3.12. The Kier molecular flexibility index (Phi) is 3.04. The van der Waals surface area contributed by atoms with Gasteiger partial charge in [-0.15, -0.1) is 0 Å². The van der Waals surface area contributed by atoms with Crippen LogP contribution in [0.3, 0.4) is 0 Å². The summed E-state index contributed by atoms with van der Waals surface area (Å²) < 4.78 is 6.06. The molecule has 2 aromatic rings. The van der Waals surface area contributed by atoms with Gasteiger partial charge in [0, 0.05) is 24.5 Å². The van der Waals surface area contributed by atoms with E-state index in [1.165, 1.54) is 37.6 Å². The molecule has 1 heterocycles. The lowest BCUT2D eigenvalue weighted by Gasteiger charge is -2.29. The Hall–Kier alpha value is -1.32. The Bertz CT molecular complexity index is 565. The highest BCUT2D eigenvalue weighted by Gasteiger charge is 2.38. The van der Waals surface area contributed by atoms with Crippen LogP contribution in [0.1, 0.15) is 37.5 Å². The van der Waals surface area contributed by atoms with Crippen LogP contribution in [0.15, 0.2) is 34.7 Å². The third-order valence-electron chi connectivity index (χ3n) is 4.58. The molecule has 4 rings (SSSR count). The SMILES string of the molecule is NCC(c1cc2ccccc2o1)N(CC1CC1)C1CC1. The molecule has 3 heteroatoms. The van der Waals surface area contributed by atoms with Crippen LogP contribution in [-0.2, 0) is 0 Å². The second-order valence-electron chi connectivity index (χ2n) is 6.31. The first-order valence-electron chi connectivity index (χ1n) is 7.79. The quantitative estimate of drug-likeness (QED) is 0.875. The number of nitrogens with two attached hydrogens (primary N) is 1. The molecular formula is C17H22N2O. The van der Waals surface area contributed by atoms with Crippen LogP contribution in [0.2, 0.25) is 0 Å². The van der Waals surface area contributed by atoms with Crippen molar-refractivity contribution >= 4 is 11.0 Å². The van der Waals surface area contributed by atoms with E-state index in [2.05, 4.69) is 23.1 Å². The van der Waals surface area contributed by atoms with Crippen LogP contribution in [0.25, 0.3) is 11.0 Å². The third kappa shape index (κ3) is 2.36. The van der Waals surface area contributed by atoms with Crippen molar-refractivity contribution in [1.82, 2.24) is 4.90 Å². The number of hydrogen-bond donors (Lipinski definition) is 1. The summed E-state index contributed by atoms with van der Waals surface area (Å²) in [5.74, 6) is 1.94. The lowest BCUT2D eigenvalue weighted by Crippen LogP contribution is -2.36. The second kappa shape index (κ2) is 4.90. The van der Waals surface area contributed by atoms with E-state index in [4.69, 9.17) is 10.2 Å². The van der Waals surface area contributed by atoms with Crippen LogP contribution in [0.4, 0.5) is 0 Å². The van der Waals surface area contributed by atoms with E-state index in [1.54, 1.807) is 0 Å². The minimum atomic E-state index is 0.246. The van der Waals surface area contributed by atoms with Crippen LogP contribution >= 0.6 is 0 Å². The Morgan fingerprint density at radius 1 is 1.20 bits per heavy atom. The van der Waals surface area contributed by atoms with Gasteiger partial charge in [0.15, 0.2) is 0 Å². The molecule has 0 bridgehead atoms. The van der Waals surface area contributed by atoms with E-state index >= 15 is 0 Å². The monoisotopic (exact) mass is 270 g/mol. The van der Waals surface area contributed by atoms with Gasteiger partial charge in [0.2, 0.25) is 0 Å². The van der Waals surface area contributed by atoms with E-state index in [-0.39, 0.29) is 6.04 Å². The van der Waals surface area contributed by atoms with Crippen LogP contribution in [-0.4, -0.2) is 24.0 Å². The van der Waals surface area contributed by atoms with Crippen molar-refractivity contribution in [2.24, 2.45) is 11.7 Å². The van der Waals surface area contributed by atoms with Gasteiger partial charge in [-0.3, -0.25) is 4.90 Å². The largest absolute Gasteiger partial charge is 0.459 e. The lowest BCUT2D eigenvalue weighted by atomic mass is 10.1. The number of nitrogens with zero attached hydrogens (tertiary/aromatic N) is 1. The first-order valence-corrected chi connectivity index (χ1v) is 7.79. The molecule has 1 atom stereocenters. The molecule has 0 saturated heterocycles. The fraction of sp³-hybridized carbons (Fsp3) is 0.529. The highest BCUT2D eigenvalue weighted by molar-refractivity contribution is 5.77. The van der Waals surface area contributed by atoms with Crippen molar-refractivity contribution in [2.45, 2.75) is 37.8 Å². The summed E-state index contributed by atoms with van der Waals surface area (Å²) in [6.45, 7) is 1.84. The van der Waals surface area contributed by atoms with Crippen molar-refractivity contribution in [1.29, 1.82) is 0 Å². The first kappa shape index (κ1) is 12.4. The number of hydrogen-bond acceptors (Lipinski definition) is 3. The van der Waals surface area contributed by atoms with Crippen molar-refractivity contribution in [3.05, 3.63) is 36.1 Å².